The van der Waals surface area contributed by atoms with Gasteiger partial charge in [-0.15, -0.1) is 0 Å². The summed E-state index contributed by atoms with van der Waals surface area (Å²) < 4.78 is 5.07. The fraction of sp³-hybridized carbons (Fsp3) is 0.200. The van der Waals surface area contributed by atoms with Crippen molar-refractivity contribution in [1.29, 1.82) is 0 Å². The van der Waals surface area contributed by atoms with Crippen LogP contribution in [0.1, 0.15) is 5.56 Å². The van der Waals surface area contributed by atoms with Gasteiger partial charge >= 0.3 is 0 Å². The van der Waals surface area contributed by atoms with Gasteiger partial charge < -0.3 is 10.5 Å². The van der Waals surface area contributed by atoms with Gasteiger partial charge in [0.1, 0.15) is 5.75 Å². The van der Waals surface area contributed by atoms with Crippen molar-refractivity contribution < 1.29 is 4.74 Å². The van der Waals surface area contributed by atoms with E-state index in [1.54, 1.807) is 7.11 Å². The Labute approximate surface area is 72.7 Å². The van der Waals surface area contributed by atoms with E-state index in [9.17, 15) is 0 Å². The van der Waals surface area contributed by atoms with Gasteiger partial charge in [0.25, 0.3) is 0 Å². The molecule has 0 saturated carbocycles. The number of methoxy groups -OCH3 is 1. The number of ether oxygens (including phenoxy) is 1. The number of nitrogens with two attached hydrogens (primary N) is 1. The lowest BCUT2D eigenvalue weighted by molar-refractivity contribution is 0.414. The van der Waals surface area contributed by atoms with E-state index in [1.165, 1.54) is 0 Å². The first-order valence-corrected chi connectivity index (χ1v) is 3.78. The molecule has 0 aliphatic heterocycles. The van der Waals surface area contributed by atoms with Gasteiger partial charge in [0.05, 0.1) is 7.11 Å². The number of hydrogen-bond acceptors (Lipinski definition) is 2. The third-order valence-corrected chi connectivity index (χ3v) is 1.57. The third kappa shape index (κ3) is 2.31. The van der Waals surface area contributed by atoms with Crippen molar-refractivity contribution in [2.75, 3.05) is 7.11 Å². The summed E-state index contributed by atoms with van der Waals surface area (Å²) in [7, 11) is 1.65. The van der Waals surface area contributed by atoms with Crippen molar-refractivity contribution in [1.82, 2.24) is 0 Å². The second-order valence-corrected chi connectivity index (χ2v) is 2.69. The Kier molecular flexibility index (Phi) is 2.75. The molecule has 2 heteroatoms. The summed E-state index contributed by atoms with van der Waals surface area (Å²) >= 11 is 0. The summed E-state index contributed by atoms with van der Waals surface area (Å²) in [5, 5.41) is 0. The van der Waals surface area contributed by atoms with Crippen LogP contribution in [0.15, 0.2) is 36.5 Å². The Hall–Kier alpha value is -1.44. The Morgan fingerprint density at radius 2 is 2.33 bits per heavy atom. The number of hydrogen-bond donors (Lipinski definition) is 1. The van der Waals surface area contributed by atoms with Crippen molar-refractivity contribution in [2.45, 2.75) is 6.42 Å². The molecule has 0 aliphatic rings. The van der Waals surface area contributed by atoms with Crippen molar-refractivity contribution in [3.63, 3.8) is 0 Å². The van der Waals surface area contributed by atoms with Crippen molar-refractivity contribution >= 4 is 0 Å². The van der Waals surface area contributed by atoms with Gasteiger partial charge in [-0.1, -0.05) is 18.7 Å². The van der Waals surface area contributed by atoms with Gasteiger partial charge in [-0.3, -0.25) is 0 Å². The van der Waals surface area contributed by atoms with Gasteiger partial charge in [-0.05, 0) is 17.7 Å². The van der Waals surface area contributed by atoms with E-state index in [1.807, 2.05) is 24.3 Å². The summed E-state index contributed by atoms with van der Waals surface area (Å²) in [4.78, 5) is 0. The van der Waals surface area contributed by atoms with Crippen LogP contribution in [0.4, 0.5) is 0 Å². The number of allylic oxidation sites excluding steroid dienone is 1. The van der Waals surface area contributed by atoms with Gasteiger partial charge in [-0.25, -0.2) is 0 Å². The molecule has 0 radical (unpaired) electrons. The predicted molar refractivity (Wildman–Crippen MR) is 50.0 cm³/mol. The highest BCUT2D eigenvalue weighted by molar-refractivity contribution is 5.30. The molecule has 12 heavy (non-hydrogen) atoms. The molecule has 0 amide bonds. The van der Waals surface area contributed by atoms with Crippen LogP contribution < -0.4 is 10.5 Å². The van der Waals surface area contributed by atoms with E-state index in [2.05, 4.69) is 6.58 Å². The minimum absolute atomic E-state index is 0.670. The van der Waals surface area contributed by atoms with E-state index in [0.29, 0.717) is 12.1 Å². The standard InChI is InChI=1S/C10H13NO/c1-8(11)6-9-4-3-5-10(7-9)12-2/h3-5,7H,1,6,11H2,2H3. The van der Waals surface area contributed by atoms with Crippen LogP contribution in [0, 0.1) is 0 Å². The first-order valence-electron chi connectivity index (χ1n) is 3.78. The van der Waals surface area contributed by atoms with Crippen LogP contribution in [0.3, 0.4) is 0 Å². The highest BCUT2D eigenvalue weighted by Gasteiger charge is 1.95. The van der Waals surface area contributed by atoms with Gasteiger partial charge in [0, 0.05) is 12.1 Å². The van der Waals surface area contributed by atoms with Gasteiger partial charge in [0.2, 0.25) is 0 Å². The second kappa shape index (κ2) is 3.81. The molecular formula is C10H13NO. The summed E-state index contributed by atoms with van der Waals surface area (Å²) in [5.41, 5.74) is 7.28. The Bertz CT molecular complexity index is 281. The van der Waals surface area contributed by atoms with Crippen LogP contribution in [0.5, 0.6) is 5.75 Å². The normalized spacial score (nSPS) is 9.42. The molecule has 64 valence electrons. The fourth-order valence-electron chi connectivity index (χ4n) is 1.04. The quantitative estimate of drug-likeness (QED) is 0.736. The fourth-order valence-corrected chi connectivity index (χ4v) is 1.04. The minimum Gasteiger partial charge on any atom is -0.497 e. The molecule has 0 spiro atoms. The zero-order valence-electron chi connectivity index (χ0n) is 7.21. The average molecular weight is 163 g/mol. The molecule has 2 N–H and O–H groups in total. The maximum absolute atomic E-state index is 5.48. The lowest BCUT2D eigenvalue weighted by Crippen LogP contribution is -1.98. The minimum atomic E-state index is 0.670. The maximum Gasteiger partial charge on any atom is 0.119 e. The number of benzene rings is 1. The molecule has 0 atom stereocenters. The lowest BCUT2D eigenvalue weighted by atomic mass is 10.1. The molecule has 1 aromatic rings. The predicted octanol–water partition coefficient (Wildman–Crippen LogP) is 1.71. The number of rotatable bonds is 3. The van der Waals surface area contributed by atoms with Crippen molar-refractivity contribution in [3.8, 4) is 5.75 Å². The molecular weight excluding hydrogens is 150 g/mol. The van der Waals surface area contributed by atoms with Crippen LogP contribution in [0.25, 0.3) is 0 Å². The Morgan fingerprint density at radius 1 is 1.58 bits per heavy atom. The average Bonchev–Trinajstić information content (AvgIpc) is 2.03. The SMILES string of the molecule is C=C(N)Cc1cccc(OC)c1. The van der Waals surface area contributed by atoms with E-state index in [0.717, 1.165) is 11.3 Å². The van der Waals surface area contributed by atoms with Crippen LogP contribution in [-0.4, -0.2) is 7.11 Å². The molecule has 0 aromatic heterocycles. The van der Waals surface area contributed by atoms with Crippen LogP contribution in [-0.2, 0) is 6.42 Å². The third-order valence-electron chi connectivity index (χ3n) is 1.57. The molecule has 1 aromatic carbocycles. The highest BCUT2D eigenvalue weighted by Crippen LogP contribution is 2.13. The Morgan fingerprint density at radius 3 is 2.92 bits per heavy atom. The summed E-state index contributed by atoms with van der Waals surface area (Å²) in [5.74, 6) is 0.855. The monoisotopic (exact) mass is 163 g/mol. The molecule has 0 saturated heterocycles. The highest BCUT2D eigenvalue weighted by atomic mass is 16.5. The topological polar surface area (TPSA) is 35.2 Å². The van der Waals surface area contributed by atoms with Gasteiger partial charge in [0.15, 0.2) is 0 Å². The van der Waals surface area contributed by atoms with E-state index >= 15 is 0 Å². The second-order valence-electron chi connectivity index (χ2n) is 2.69. The van der Waals surface area contributed by atoms with Crippen LogP contribution >= 0.6 is 0 Å². The molecule has 0 fully saturated rings. The molecule has 0 unspecified atom stereocenters. The molecule has 0 heterocycles. The molecule has 0 bridgehead atoms. The largest absolute Gasteiger partial charge is 0.497 e. The molecule has 1 rings (SSSR count). The zero-order valence-corrected chi connectivity index (χ0v) is 7.21. The van der Waals surface area contributed by atoms with Crippen LogP contribution in [0.2, 0.25) is 0 Å². The lowest BCUT2D eigenvalue weighted by Gasteiger charge is -2.03. The van der Waals surface area contributed by atoms with Crippen molar-refractivity contribution in [3.05, 3.63) is 42.1 Å². The van der Waals surface area contributed by atoms with E-state index < -0.39 is 0 Å². The maximum atomic E-state index is 5.48. The van der Waals surface area contributed by atoms with Crippen molar-refractivity contribution in [2.24, 2.45) is 5.73 Å². The first-order chi connectivity index (χ1) is 5.72. The first kappa shape index (κ1) is 8.65. The van der Waals surface area contributed by atoms with E-state index in [4.69, 9.17) is 10.5 Å². The zero-order chi connectivity index (χ0) is 8.97. The smallest absolute Gasteiger partial charge is 0.119 e. The molecule has 0 aliphatic carbocycles. The summed E-state index contributed by atoms with van der Waals surface area (Å²) in [6.45, 7) is 3.64. The van der Waals surface area contributed by atoms with E-state index in [-0.39, 0.29) is 0 Å². The summed E-state index contributed by atoms with van der Waals surface area (Å²) in [6.07, 6.45) is 0.706. The molecule has 2 nitrogen and oxygen atoms in total. The van der Waals surface area contributed by atoms with Gasteiger partial charge in [-0.2, -0.15) is 0 Å². The summed E-state index contributed by atoms with van der Waals surface area (Å²) in [6, 6.07) is 7.80. The Balaban J connectivity index is 2.79.